The highest BCUT2D eigenvalue weighted by Crippen LogP contribution is 2.44. The van der Waals surface area contributed by atoms with Gasteiger partial charge in [-0.25, -0.2) is 0 Å². The highest BCUT2D eigenvalue weighted by molar-refractivity contribution is 7.26. The number of hydrogen-bond donors (Lipinski definition) is 0. The van der Waals surface area contributed by atoms with E-state index in [1.807, 2.05) is 0 Å². The Hall–Kier alpha value is -8.64. The van der Waals surface area contributed by atoms with Gasteiger partial charge in [-0.3, -0.25) is 0 Å². The zero-order chi connectivity index (χ0) is 45.7. The zero-order valence-corrected chi connectivity index (χ0v) is 39.0. The van der Waals surface area contributed by atoms with Gasteiger partial charge in [-0.1, -0.05) is 200 Å². The molecule has 13 rings (SSSR count). The molecule has 5 heteroatoms. The molecule has 0 radical (unpaired) electrons. The molecule has 0 bridgehead atoms. The van der Waals surface area contributed by atoms with Crippen molar-refractivity contribution in [1.29, 1.82) is 0 Å². The summed E-state index contributed by atoms with van der Waals surface area (Å²) in [5.74, 6) is 0. The highest BCUT2D eigenvalue weighted by atomic mass is 28.3. The lowest BCUT2D eigenvalue weighted by atomic mass is 9.35. The Bertz CT molecular complexity index is 3570. The van der Waals surface area contributed by atoms with E-state index in [-0.39, 0.29) is 6.71 Å². The maximum Gasteiger partial charge on any atom is 0.246 e. The van der Waals surface area contributed by atoms with Crippen molar-refractivity contribution >= 4 is 114 Å². The Morgan fingerprint density at radius 1 is 0.304 bits per heavy atom. The minimum absolute atomic E-state index is 0.00675. The van der Waals surface area contributed by atoms with Gasteiger partial charge in [0.05, 0.1) is 0 Å². The van der Waals surface area contributed by atoms with Crippen LogP contribution in [0.4, 0.5) is 51.2 Å². The number of para-hydroxylation sites is 4. The number of rotatable bonds is 9. The van der Waals surface area contributed by atoms with Crippen LogP contribution in [0.15, 0.2) is 279 Å². The van der Waals surface area contributed by atoms with Gasteiger partial charge < -0.3 is 14.7 Å². The van der Waals surface area contributed by atoms with Crippen LogP contribution < -0.4 is 51.8 Å². The average molecular weight is 896 g/mol. The molecule has 0 saturated carbocycles. The van der Waals surface area contributed by atoms with E-state index in [4.69, 9.17) is 0 Å². The van der Waals surface area contributed by atoms with Crippen LogP contribution in [0.2, 0.25) is 0 Å². The average Bonchev–Trinajstić information content (AvgIpc) is 3.42. The normalized spacial score (nSPS) is 14.4. The first-order valence-corrected chi connectivity index (χ1v) is 25.9. The fourth-order valence-electron chi connectivity index (χ4n) is 11.5. The fourth-order valence-corrected chi connectivity index (χ4v) is 16.8. The molecule has 0 spiro atoms. The molecular formula is C64H46BN3Si. The molecule has 0 saturated heterocycles. The lowest BCUT2D eigenvalue weighted by Gasteiger charge is -2.47. The van der Waals surface area contributed by atoms with Crippen molar-refractivity contribution in [3.05, 3.63) is 279 Å². The van der Waals surface area contributed by atoms with Crippen LogP contribution in [0.3, 0.4) is 0 Å². The molecule has 0 N–H and O–H groups in total. The van der Waals surface area contributed by atoms with Crippen molar-refractivity contribution in [3.8, 4) is 0 Å². The van der Waals surface area contributed by atoms with Crippen molar-refractivity contribution in [1.82, 2.24) is 0 Å². The van der Waals surface area contributed by atoms with Crippen LogP contribution >= 0.6 is 0 Å². The van der Waals surface area contributed by atoms with Crippen LogP contribution in [-0.2, 0) is 0 Å². The van der Waals surface area contributed by atoms with Crippen LogP contribution in [-0.4, -0.2) is 14.8 Å². The Morgan fingerprint density at radius 3 is 1.45 bits per heavy atom. The van der Waals surface area contributed by atoms with E-state index in [2.05, 4.69) is 294 Å². The SMILES string of the molecule is c1ccc(N(c2ccccc2)c2cccc(N3c4cc(N(c5ccccc5)c5ccccc5)ccc4B4c5ccccc5[Si](c5ccccc5)(c5ccc6ccccc6c5)c5cccc3c54)c2)cc1. The van der Waals surface area contributed by atoms with E-state index in [1.165, 1.54) is 53.6 Å². The lowest BCUT2D eigenvalue weighted by molar-refractivity contribution is 1.24. The van der Waals surface area contributed by atoms with Gasteiger partial charge in [-0.05, 0) is 127 Å². The summed E-state index contributed by atoms with van der Waals surface area (Å²) in [4.78, 5) is 7.32. The second-order valence-electron chi connectivity index (χ2n) is 18.0. The van der Waals surface area contributed by atoms with Crippen molar-refractivity contribution in [2.75, 3.05) is 14.7 Å². The second kappa shape index (κ2) is 16.9. The number of hydrogen-bond acceptors (Lipinski definition) is 3. The number of anilines is 9. The quantitative estimate of drug-likeness (QED) is 0.134. The Morgan fingerprint density at radius 2 is 0.812 bits per heavy atom. The van der Waals surface area contributed by atoms with E-state index < -0.39 is 8.07 Å². The summed E-state index contributed by atoms with van der Waals surface area (Å²) in [5.41, 5.74) is 14.1. The van der Waals surface area contributed by atoms with E-state index in [0.29, 0.717) is 0 Å². The molecule has 2 aliphatic rings. The third-order valence-electron chi connectivity index (χ3n) is 14.3. The van der Waals surface area contributed by atoms with E-state index in [1.54, 1.807) is 0 Å². The van der Waals surface area contributed by atoms with E-state index in [9.17, 15) is 0 Å². The molecule has 0 fully saturated rings. The maximum atomic E-state index is 2.57. The molecule has 2 heterocycles. The van der Waals surface area contributed by atoms with Crippen LogP contribution in [0.25, 0.3) is 10.8 Å². The van der Waals surface area contributed by atoms with Crippen molar-refractivity contribution in [3.63, 3.8) is 0 Å². The number of fused-ring (bicyclic) bond motifs is 5. The Balaban J connectivity index is 1.11. The third kappa shape index (κ3) is 6.65. The summed E-state index contributed by atoms with van der Waals surface area (Å²) >= 11 is 0. The first-order chi connectivity index (χ1) is 34.3. The van der Waals surface area contributed by atoms with Gasteiger partial charge in [0.25, 0.3) is 0 Å². The number of benzene rings is 11. The van der Waals surface area contributed by atoms with Gasteiger partial charge in [-0.2, -0.15) is 0 Å². The summed E-state index contributed by atoms with van der Waals surface area (Å²) in [6.07, 6.45) is 0. The minimum Gasteiger partial charge on any atom is -0.311 e. The topological polar surface area (TPSA) is 9.72 Å². The smallest absolute Gasteiger partial charge is 0.246 e. The highest BCUT2D eigenvalue weighted by Gasteiger charge is 2.53. The van der Waals surface area contributed by atoms with Crippen molar-refractivity contribution in [2.45, 2.75) is 0 Å². The molecular weight excluding hydrogens is 850 g/mol. The molecule has 0 aliphatic carbocycles. The molecule has 0 amide bonds. The first-order valence-electron chi connectivity index (χ1n) is 23.9. The predicted octanol–water partition coefficient (Wildman–Crippen LogP) is 11.8. The molecule has 324 valence electrons. The Kier molecular flexibility index (Phi) is 9.95. The van der Waals surface area contributed by atoms with Gasteiger partial charge in [0, 0.05) is 51.2 Å². The summed E-state index contributed by atoms with van der Waals surface area (Å²) < 4.78 is 0. The summed E-state index contributed by atoms with van der Waals surface area (Å²) in [6, 6.07) is 103. The third-order valence-corrected chi connectivity index (χ3v) is 19.2. The van der Waals surface area contributed by atoms with Gasteiger partial charge in [0.1, 0.15) is 0 Å². The Labute approximate surface area is 405 Å². The predicted molar refractivity (Wildman–Crippen MR) is 296 cm³/mol. The molecule has 2 aliphatic heterocycles. The molecule has 0 aromatic heterocycles. The fraction of sp³-hybridized carbons (Fsp3) is 0. The van der Waals surface area contributed by atoms with Crippen LogP contribution in [0.5, 0.6) is 0 Å². The zero-order valence-electron chi connectivity index (χ0n) is 38.0. The molecule has 11 aromatic rings. The van der Waals surface area contributed by atoms with Crippen molar-refractivity contribution < 1.29 is 0 Å². The van der Waals surface area contributed by atoms with Gasteiger partial charge in [0.2, 0.25) is 6.71 Å². The van der Waals surface area contributed by atoms with Gasteiger partial charge >= 0.3 is 0 Å². The minimum atomic E-state index is -2.98. The summed E-state index contributed by atoms with van der Waals surface area (Å²) in [7, 11) is -2.98. The molecule has 11 aromatic carbocycles. The summed E-state index contributed by atoms with van der Waals surface area (Å²) in [6.45, 7) is -0.00675. The van der Waals surface area contributed by atoms with Crippen molar-refractivity contribution in [2.24, 2.45) is 0 Å². The maximum absolute atomic E-state index is 2.98. The summed E-state index contributed by atoms with van der Waals surface area (Å²) in [5, 5.41) is 8.18. The van der Waals surface area contributed by atoms with Gasteiger partial charge in [-0.15, -0.1) is 0 Å². The van der Waals surface area contributed by atoms with E-state index in [0.717, 1.165) is 45.5 Å². The first kappa shape index (κ1) is 40.6. The largest absolute Gasteiger partial charge is 0.311 e. The van der Waals surface area contributed by atoms with Gasteiger partial charge in [0.15, 0.2) is 8.07 Å². The second-order valence-corrected chi connectivity index (χ2v) is 21.8. The van der Waals surface area contributed by atoms with Crippen LogP contribution in [0.1, 0.15) is 0 Å². The number of nitrogens with zero attached hydrogens (tertiary/aromatic N) is 3. The molecule has 3 nitrogen and oxygen atoms in total. The molecule has 1 unspecified atom stereocenters. The lowest BCUT2D eigenvalue weighted by Crippen LogP contribution is -2.87. The monoisotopic (exact) mass is 895 g/mol. The molecule has 69 heavy (non-hydrogen) atoms. The molecule has 1 atom stereocenters. The standard InChI is InChI=1S/C64H46BN3Si/c1-6-24-49(25-7-1)66(50-26-8-2-9-27-50)53-32-20-33-54(45-53)68-60-37-21-39-63-64(60)65(58-43-41-55(46-61(58)68)67(51-28-10-3-11-29-51)52-30-12-4-13-31-52)59-36-18-19-38-62(59)69(63,56-34-14-5-15-35-56)57-42-40-47-22-16-17-23-48(47)44-57/h1-46H. The van der Waals surface area contributed by atoms with Crippen LogP contribution in [0, 0.1) is 0 Å². The van der Waals surface area contributed by atoms with E-state index >= 15 is 0 Å².